The van der Waals surface area contributed by atoms with Gasteiger partial charge in [0.2, 0.25) is 0 Å². The van der Waals surface area contributed by atoms with Crippen LogP contribution in [0.1, 0.15) is 22.7 Å². The lowest BCUT2D eigenvalue weighted by Crippen LogP contribution is -2.32. The zero-order chi connectivity index (χ0) is 19.0. The number of halogens is 2. The van der Waals surface area contributed by atoms with Crippen LogP contribution in [0.3, 0.4) is 0 Å². The fourth-order valence-electron chi connectivity index (χ4n) is 3.11. The summed E-state index contributed by atoms with van der Waals surface area (Å²) in [6.45, 7) is 1.25. The van der Waals surface area contributed by atoms with Crippen LogP contribution in [0.25, 0.3) is 10.4 Å². The molecule has 3 heterocycles. The molecule has 0 spiro atoms. The molecule has 0 fully saturated rings. The smallest absolute Gasteiger partial charge is 0.281 e. The predicted octanol–water partition coefficient (Wildman–Crippen LogP) is 3.75. The van der Waals surface area contributed by atoms with Gasteiger partial charge in [-0.2, -0.15) is 5.26 Å². The minimum Gasteiger partial charge on any atom is -0.490 e. The van der Waals surface area contributed by atoms with Crippen molar-refractivity contribution >= 4 is 17.0 Å². The van der Waals surface area contributed by atoms with Crippen molar-refractivity contribution in [2.45, 2.75) is 13.0 Å². The van der Waals surface area contributed by atoms with Crippen molar-refractivity contribution < 1.29 is 13.5 Å². The molecule has 9 heteroatoms. The van der Waals surface area contributed by atoms with Gasteiger partial charge in [0.1, 0.15) is 34.7 Å². The van der Waals surface area contributed by atoms with Crippen molar-refractivity contribution in [2.24, 2.45) is 7.05 Å². The van der Waals surface area contributed by atoms with Crippen molar-refractivity contribution in [3.8, 4) is 22.3 Å². The van der Waals surface area contributed by atoms with Crippen molar-refractivity contribution in [2.75, 3.05) is 18.1 Å². The van der Waals surface area contributed by atoms with Crippen molar-refractivity contribution in [1.82, 2.24) is 15.0 Å². The summed E-state index contributed by atoms with van der Waals surface area (Å²) < 4.78 is 33.5. The Morgan fingerprint density at radius 2 is 2.19 bits per heavy atom. The fraction of sp³-hybridized carbons (Fsp3) is 0.278. The lowest BCUT2D eigenvalue weighted by atomic mass is 10.1. The Labute approximate surface area is 158 Å². The molecule has 4 rings (SSSR count). The summed E-state index contributed by atoms with van der Waals surface area (Å²) in [5, 5.41) is 16.7. The number of benzene rings is 1. The molecule has 0 saturated heterocycles. The molecule has 1 aromatic carbocycles. The van der Waals surface area contributed by atoms with E-state index in [1.54, 1.807) is 6.07 Å². The number of anilines is 1. The van der Waals surface area contributed by atoms with E-state index >= 15 is 0 Å². The van der Waals surface area contributed by atoms with Crippen LogP contribution in [-0.2, 0) is 13.6 Å². The van der Waals surface area contributed by atoms with Gasteiger partial charge in [-0.25, -0.2) is 13.5 Å². The largest absolute Gasteiger partial charge is 0.490 e. The normalized spacial score (nSPS) is 13.4. The van der Waals surface area contributed by atoms with E-state index in [-0.39, 0.29) is 17.9 Å². The number of ether oxygens (including phenoxy) is 1. The first-order valence-electron chi connectivity index (χ1n) is 8.25. The minimum absolute atomic E-state index is 0.170. The molecular formula is C18H15F2N5OS. The summed E-state index contributed by atoms with van der Waals surface area (Å²) in [5.74, 6) is 0.699. The van der Waals surface area contributed by atoms with Gasteiger partial charge in [-0.3, -0.25) is 0 Å². The first-order chi connectivity index (χ1) is 13.1. The Morgan fingerprint density at radius 3 is 2.93 bits per heavy atom. The SMILES string of the molecule is Cn1nnc(CN2CCOc3ccc(-c4ccc(C#N)s4)cc32)c1C(F)F. The van der Waals surface area contributed by atoms with E-state index in [1.165, 1.54) is 18.4 Å². The number of fused-ring (bicyclic) bond motifs is 1. The second-order valence-electron chi connectivity index (χ2n) is 6.07. The fourth-order valence-corrected chi connectivity index (χ4v) is 3.91. The molecule has 3 aromatic rings. The third-order valence-corrected chi connectivity index (χ3v) is 5.45. The van der Waals surface area contributed by atoms with E-state index in [2.05, 4.69) is 16.4 Å². The van der Waals surface area contributed by atoms with Crippen LogP contribution >= 0.6 is 11.3 Å². The van der Waals surface area contributed by atoms with Gasteiger partial charge in [0.25, 0.3) is 6.43 Å². The third-order valence-electron chi connectivity index (χ3n) is 4.41. The molecule has 0 N–H and O–H groups in total. The summed E-state index contributed by atoms with van der Waals surface area (Å²) >= 11 is 1.41. The number of hydrogen-bond donors (Lipinski definition) is 0. The monoisotopic (exact) mass is 387 g/mol. The van der Waals surface area contributed by atoms with Crippen LogP contribution in [0.5, 0.6) is 5.75 Å². The van der Waals surface area contributed by atoms with Crippen LogP contribution in [0.4, 0.5) is 14.5 Å². The van der Waals surface area contributed by atoms with Gasteiger partial charge < -0.3 is 9.64 Å². The van der Waals surface area contributed by atoms with Gasteiger partial charge in [-0.15, -0.1) is 16.4 Å². The van der Waals surface area contributed by atoms with Gasteiger partial charge in [0, 0.05) is 11.9 Å². The maximum atomic E-state index is 13.3. The van der Waals surface area contributed by atoms with E-state index in [4.69, 9.17) is 10.00 Å². The number of nitriles is 1. The molecule has 0 amide bonds. The summed E-state index contributed by atoms with van der Waals surface area (Å²) in [5.41, 5.74) is 1.85. The van der Waals surface area contributed by atoms with E-state index in [1.807, 2.05) is 29.2 Å². The van der Waals surface area contributed by atoms with Crippen molar-refractivity contribution in [3.63, 3.8) is 0 Å². The average molecular weight is 387 g/mol. The lowest BCUT2D eigenvalue weighted by Gasteiger charge is -2.31. The van der Waals surface area contributed by atoms with E-state index in [0.717, 1.165) is 20.8 Å². The maximum absolute atomic E-state index is 13.3. The Hall–Kier alpha value is -2.99. The molecule has 0 saturated carbocycles. The molecule has 1 aliphatic heterocycles. The van der Waals surface area contributed by atoms with Crippen LogP contribution in [0.2, 0.25) is 0 Å². The van der Waals surface area contributed by atoms with Crippen molar-refractivity contribution in [1.29, 1.82) is 5.26 Å². The van der Waals surface area contributed by atoms with Gasteiger partial charge in [0.15, 0.2) is 0 Å². The highest BCUT2D eigenvalue weighted by atomic mass is 32.1. The summed E-state index contributed by atoms with van der Waals surface area (Å²) in [6.07, 6.45) is -2.64. The molecule has 0 bridgehead atoms. The Balaban J connectivity index is 1.68. The second kappa shape index (κ2) is 6.96. The first kappa shape index (κ1) is 17.4. The zero-order valence-electron chi connectivity index (χ0n) is 14.4. The topological polar surface area (TPSA) is 67.0 Å². The van der Waals surface area contributed by atoms with Gasteiger partial charge in [-0.1, -0.05) is 5.21 Å². The third kappa shape index (κ3) is 3.24. The number of nitrogens with zero attached hydrogens (tertiary/aromatic N) is 5. The molecular weight excluding hydrogens is 372 g/mol. The number of aromatic nitrogens is 3. The Kier molecular flexibility index (Phi) is 4.49. The van der Waals surface area contributed by atoms with Crippen LogP contribution in [0.15, 0.2) is 30.3 Å². The average Bonchev–Trinajstić information content (AvgIpc) is 3.28. The summed E-state index contributed by atoms with van der Waals surface area (Å²) in [7, 11) is 1.47. The number of aryl methyl sites for hydroxylation is 1. The van der Waals surface area contributed by atoms with Crippen LogP contribution in [-0.4, -0.2) is 28.1 Å². The van der Waals surface area contributed by atoms with Gasteiger partial charge in [0.05, 0.1) is 18.8 Å². The molecule has 6 nitrogen and oxygen atoms in total. The molecule has 2 aromatic heterocycles. The highest BCUT2D eigenvalue weighted by Crippen LogP contribution is 2.38. The predicted molar refractivity (Wildman–Crippen MR) is 97.0 cm³/mol. The first-order valence-corrected chi connectivity index (χ1v) is 9.07. The van der Waals surface area contributed by atoms with E-state index < -0.39 is 6.43 Å². The second-order valence-corrected chi connectivity index (χ2v) is 7.16. The number of alkyl halides is 2. The minimum atomic E-state index is -2.64. The van der Waals surface area contributed by atoms with Gasteiger partial charge >= 0.3 is 0 Å². The summed E-state index contributed by atoms with van der Waals surface area (Å²) in [6, 6.07) is 11.6. The molecule has 27 heavy (non-hydrogen) atoms. The Morgan fingerprint density at radius 1 is 1.33 bits per heavy atom. The molecule has 0 atom stereocenters. The van der Waals surface area contributed by atoms with E-state index in [0.29, 0.717) is 23.8 Å². The van der Waals surface area contributed by atoms with Crippen LogP contribution < -0.4 is 9.64 Å². The maximum Gasteiger partial charge on any atom is 0.281 e. The molecule has 1 aliphatic rings. The highest BCUT2D eigenvalue weighted by molar-refractivity contribution is 7.16. The Bertz CT molecular complexity index is 1020. The highest BCUT2D eigenvalue weighted by Gasteiger charge is 2.25. The quantitative estimate of drug-likeness (QED) is 0.682. The standard InChI is InChI=1S/C18H15F2N5OS/c1-24-17(18(19)20)13(22-23-24)10-25-6-7-26-15-4-2-11(8-14(15)25)16-5-3-12(9-21)27-16/h2-5,8,18H,6-7,10H2,1H3. The summed E-state index contributed by atoms with van der Waals surface area (Å²) in [4.78, 5) is 3.57. The van der Waals surface area contributed by atoms with E-state index in [9.17, 15) is 8.78 Å². The lowest BCUT2D eigenvalue weighted by molar-refractivity contribution is 0.139. The van der Waals surface area contributed by atoms with Crippen LogP contribution in [0, 0.1) is 11.3 Å². The zero-order valence-corrected chi connectivity index (χ0v) is 15.2. The molecule has 0 aliphatic carbocycles. The number of hydrogen-bond acceptors (Lipinski definition) is 6. The number of thiophene rings is 1. The molecule has 0 radical (unpaired) electrons. The van der Waals surface area contributed by atoms with Gasteiger partial charge in [-0.05, 0) is 35.9 Å². The molecule has 0 unspecified atom stereocenters. The molecule has 138 valence electrons. The number of rotatable bonds is 4. The van der Waals surface area contributed by atoms with Crippen molar-refractivity contribution in [3.05, 3.63) is 46.6 Å².